The van der Waals surface area contributed by atoms with Gasteiger partial charge in [-0.2, -0.15) is 13.2 Å². The van der Waals surface area contributed by atoms with Crippen molar-refractivity contribution in [1.29, 1.82) is 0 Å². The van der Waals surface area contributed by atoms with Crippen LogP contribution in [0.5, 0.6) is 0 Å². The normalized spacial score (nSPS) is 11.6. The molecule has 0 radical (unpaired) electrons. The Kier molecular flexibility index (Phi) is 10.5. The molecule has 5 N–H and O–H groups in total. The van der Waals surface area contributed by atoms with Gasteiger partial charge in [-0.05, 0) is 30.2 Å². The molecule has 3 amide bonds. The lowest BCUT2D eigenvalue weighted by Gasteiger charge is -2.11. The van der Waals surface area contributed by atoms with Crippen LogP contribution in [-0.2, 0) is 34.1 Å². The van der Waals surface area contributed by atoms with Gasteiger partial charge in [0, 0.05) is 30.6 Å². The third-order valence-electron chi connectivity index (χ3n) is 4.99. The monoisotopic (exact) mass is 604 g/mol. The van der Waals surface area contributed by atoms with Crippen molar-refractivity contribution >= 4 is 50.7 Å². The summed E-state index contributed by atoms with van der Waals surface area (Å²) >= 11 is 6.73. The SMILES string of the molecule is O=C(CCCNc1ncc(C(F)(F)F)cc1Cl)NNS(=O)(=O)c1ccc(CNC(=O)NCc2ccccc2)s1. The summed E-state index contributed by atoms with van der Waals surface area (Å²) in [6.45, 7) is 0.604. The molecule has 0 aliphatic carbocycles. The number of carbonyl (C=O) groups excluding carboxylic acids is 2. The van der Waals surface area contributed by atoms with Gasteiger partial charge in [0.1, 0.15) is 10.0 Å². The summed E-state index contributed by atoms with van der Waals surface area (Å²) < 4.78 is 62.9. The number of aromatic nitrogens is 1. The number of pyridine rings is 1. The van der Waals surface area contributed by atoms with Gasteiger partial charge >= 0.3 is 12.2 Å². The Morgan fingerprint density at radius 3 is 2.44 bits per heavy atom. The highest BCUT2D eigenvalue weighted by Crippen LogP contribution is 2.32. The number of halogens is 4. The van der Waals surface area contributed by atoms with Crippen LogP contribution in [0.2, 0.25) is 5.02 Å². The number of urea groups is 1. The van der Waals surface area contributed by atoms with E-state index in [1.54, 1.807) is 6.07 Å². The van der Waals surface area contributed by atoms with Crippen molar-refractivity contribution in [3.8, 4) is 0 Å². The number of sulfonamides is 1. The van der Waals surface area contributed by atoms with Crippen LogP contribution in [0.25, 0.3) is 0 Å². The van der Waals surface area contributed by atoms with Crippen LogP contribution < -0.4 is 26.2 Å². The Morgan fingerprint density at radius 1 is 1.03 bits per heavy atom. The van der Waals surface area contributed by atoms with Crippen molar-refractivity contribution in [1.82, 2.24) is 25.9 Å². The molecule has 2 aromatic heterocycles. The predicted octanol–water partition coefficient (Wildman–Crippen LogP) is 4.02. The predicted molar refractivity (Wildman–Crippen MR) is 140 cm³/mol. The van der Waals surface area contributed by atoms with Crippen molar-refractivity contribution in [3.05, 3.63) is 75.8 Å². The molecule has 3 aromatic rings. The summed E-state index contributed by atoms with van der Waals surface area (Å²) in [6.07, 6.45) is -3.80. The quantitative estimate of drug-likeness (QED) is 0.156. The standard InChI is InChI=1S/C23H24ClF3N6O4S2/c24-18-11-16(23(25,26)27)13-29-21(18)28-10-4-7-19(34)32-33-39(36,37)20-9-8-17(38-20)14-31-22(35)30-12-15-5-2-1-3-6-15/h1-3,5-6,8-9,11,13,33H,4,7,10,12,14H2,(H,28,29)(H,32,34)(H2,30,31,35). The second-order valence-electron chi connectivity index (χ2n) is 7.98. The Labute approximate surface area is 231 Å². The van der Waals surface area contributed by atoms with E-state index in [9.17, 15) is 31.2 Å². The van der Waals surface area contributed by atoms with Crippen LogP contribution in [-0.4, -0.2) is 31.9 Å². The topological polar surface area (TPSA) is 141 Å². The Morgan fingerprint density at radius 2 is 1.74 bits per heavy atom. The first kappa shape index (κ1) is 30.1. The number of anilines is 1. The van der Waals surface area contributed by atoms with Crippen molar-refractivity contribution in [2.45, 2.75) is 36.3 Å². The second-order valence-corrected chi connectivity index (χ2v) is 11.5. The Bertz CT molecular complexity index is 1390. The lowest BCUT2D eigenvalue weighted by Crippen LogP contribution is -2.41. The van der Waals surface area contributed by atoms with Crippen LogP contribution in [0.4, 0.5) is 23.8 Å². The zero-order chi connectivity index (χ0) is 28.5. The molecule has 16 heteroatoms. The Hall–Kier alpha value is -3.40. The lowest BCUT2D eigenvalue weighted by atomic mass is 10.2. The number of hydrazine groups is 1. The minimum absolute atomic E-state index is 0.0300. The zero-order valence-corrected chi connectivity index (χ0v) is 22.5. The van der Waals surface area contributed by atoms with Gasteiger partial charge in [-0.15, -0.1) is 16.2 Å². The van der Waals surface area contributed by atoms with Crippen molar-refractivity contribution < 1.29 is 31.2 Å². The summed E-state index contributed by atoms with van der Waals surface area (Å²) in [4.78, 5) is 30.2. The molecule has 0 spiro atoms. The minimum atomic E-state index is -4.57. The molecule has 0 aliphatic rings. The van der Waals surface area contributed by atoms with Crippen LogP contribution in [0.1, 0.15) is 28.8 Å². The maximum absolute atomic E-state index is 12.7. The second kappa shape index (κ2) is 13.6. The third-order valence-corrected chi connectivity index (χ3v) is 8.10. The van der Waals surface area contributed by atoms with Gasteiger partial charge in [-0.1, -0.05) is 41.9 Å². The average molecular weight is 605 g/mol. The highest BCUT2D eigenvalue weighted by Gasteiger charge is 2.31. The number of benzene rings is 1. The van der Waals surface area contributed by atoms with Crippen LogP contribution in [0, 0.1) is 0 Å². The highest BCUT2D eigenvalue weighted by atomic mass is 35.5. The highest BCUT2D eigenvalue weighted by molar-refractivity contribution is 7.91. The fraction of sp³-hybridized carbons (Fsp3) is 0.261. The summed E-state index contributed by atoms with van der Waals surface area (Å²) in [5, 5.41) is 7.84. The van der Waals surface area contributed by atoms with Gasteiger partial charge in [-0.25, -0.2) is 18.2 Å². The molecule has 0 unspecified atom stereocenters. The molecule has 2 heterocycles. The molecular weight excluding hydrogens is 581 g/mol. The number of rotatable bonds is 12. The molecule has 0 saturated carbocycles. The number of nitrogens with one attached hydrogen (secondary N) is 5. The zero-order valence-electron chi connectivity index (χ0n) is 20.1. The summed E-state index contributed by atoms with van der Waals surface area (Å²) in [7, 11) is -4.04. The molecule has 3 rings (SSSR count). The summed E-state index contributed by atoms with van der Waals surface area (Å²) in [5.41, 5.74) is 2.05. The average Bonchev–Trinajstić information content (AvgIpc) is 3.38. The first-order chi connectivity index (χ1) is 18.4. The largest absolute Gasteiger partial charge is 0.417 e. The third kappa shape index (κ3) is 9.69. The Balaban J connectivity index is 1.37. The molecular formula is C23H24ClF3N6O4S2. The van der Waals surface area contributed by atoms with E-state index in [1.165, 1.54) is 6.07 Å². The van der Waals surface area contributed by atoms with E-state index >= 15 is 0 Å². The summed E-state index contributed by atoms with van der Waals surface area (Å²) in [5.74, 6) is -0.595. The number of alkyl halides is 3. The first-order valence-electron chi connectivity index (χ1n) is 11.4. The van der Waals surface area contributed by atoms with Crippen molar-refractivity contribution in [2.75, 3.05) is 11.9 Å². The number of hydrogen-bond donors (Lipinski definition) is 5. The number of amides is 3. The van der Waals surface area contributed by atoms with Gasteiger partial charge in [0.25, 0.3) is 10.0 Å². The van der Waals surface area contributed by atoms with E-state index in [1.807, 2.05) is 35.2 Å². The van der Waals surface area contributed by atoms with E-state index in [0.29, 0.717) is 17.6 Å². The molecule has 10 nitrogen and oxygen atoms in total. The van der Waals surface area contributed by atoms with E-state index in [0.717, 1.165) is 23.0 Å². The molecule has 0 bridgehead atoms. The summed E-state index contributed by atoms with van der Waals surface area (Å²) in [6, 6.07) is 12.6. The van der Waals surface area contributed by atoms with Crippen LogP contribution >= 0.6 is 22.9 Å². The molecule has 0 saturated heterocycles. The van der Waals surface area contributed by atoms with E-state index in [-0.39, 0.29) is 41.0 Å². The molecule has 0 aliphatic heterocycles. The number of hydrogen-bond acceptors (Lipinski definition) is 7. The fourth-order valence-electron chi connectivity index (χ4n) is 3.02. The fourth-order valence-corrected chi connectivity index (χ4v) is 5.41. The molecule has 39 heavy (non-hydrogen) atoms. The smallest absolute Gasteiger partial charge is 0.369 e. The molecule has 0 fully saturated rings. The molecule has 210 valence electrons. The number of thiophene rings is 1. The molecule has 1 aromatic carbocycles. The maximum Gasteiger partial charge on any atom is 0.417 e. The van der Waals surface area contributed by atoms with E-state index in [2.05, 4.69) is 26.4 Å². The first-order valence-corrected chi connectivity index (χ1v) is 14.0. The van der Waals surface area contributed by atoms with Gasteiger partial charge in [-0.3, -0.25) is 10.2 Å². The van der Waals surface area contributed by atoms with Crippen LogP contribution in [0.15, 0.2) is 58.9 Å². The van der Waals surface area contributed by atoms with Crippen molar-refractivity contribution in [3.63, 3.8) is 0 Å². The number of carbonyl (C=O) groups is 2. The van der Waals surface area contributed by atoms with Gasteiger partial charge in [0.15, 0.2) is 0 Å². The van der Waals surface area contributed by atoms with E-state index < -0.39 is 33.7 Å². The van der Waals surface area contributed by atoms with Gasteiger partial charge < -0.3 is 16.0 Å². The number of nitrogens with zero attached hydrogens (tertiary/aromatic N) is 1. The van der Waals surface area contributed by atoms with Crippen LogP contribution in [0.3, 0.4) is 0 Å². The van der Waals surface area contributed by atoms with Crippen molar-refractivity contribution in [2.24, 2.45) is 0 Å². The molecule has 0 atom stereocenters. The van der Waals surface area contributed by atoms with E-state index in [4.69, 9.17) is 11.6 Å². The minimum Gasteiger partial charge on any atom is -0.369 e. The van der Waals surface area contributed by atoms with Gasteiger partial charge in [0.2, 0.25) is 5.91 Å². The van der Waals surface area contributed by atoms with Gasteiger partial charge in [0.05, 0.1) is 17.1 Å². The lowest BCUT2D eigenvalue weighted by molar-refractivity contribution is -0.137. The maximum atomic E-state index is 12.7.